The number of hydrogen-bond donors (Lipinski definition) is 3. The van der Waals surface area contributed by atoms with Crippen molar-refractivity contribution >= 4 is 46.2 Å². The summed E-state index contributed by atoms with van der Waals surface area (Å²) in [6.45, 7) is 0.592. The van der Waals surface area contributed by atoms with Crippen LogP contribution in [0.15, 0.2) is 58.9 Å². The standard InChI is InChI=1S/C18H18N4OS2/c1-24-16-8-7-15(25-16)18(23)22-13-5-2-4-12(10-13)11-21-14-6-3-9-20-17(14)19/h2-10,21H,11H2,1H3,(H2,19,20)(H,22,23). The maximum Gasteiger partial charge on any atom is 0.265 e. The molecule has 0 saturated heterocycles. The molecule has 0 bridgehead atoms. The number of thioether (sulfide) groups is 1. The van der Waals surface area contributed by atoms with Gasteiger partial charge in [-0.05, 0) is 48.2 Å². The Morgan fingerprint density at radius 1 is 1.24 bits per heavy atom. The Morgan fingerprint density at radius 2 is 2.12 bits per heavy atom. The summed E-state index contributed by atoms with van der Waals surface area (Å²) in [4.78, 5) is 17.1. The highest BCUT2D eigenvalue weighted by molar-refractivity contribution is 8.00. The quantitative estimate of drug-likeness (QED) is 0.563. The van der Waals surface area contributed by atoms with Crippen molar-refractivity contribution in [3.63, 3.8) is 0 Å². The molecule has 7 heteroatoms. The van der Waals surface area contributed by atoms with E-state index < -0.39 is 0 Å². The van der Waals surface area contributed by atoms with Crippen molar-refractivity contribution in [1.82, 2.24) is 4.98 Å². The van der Waals surface area contributed by atoms with Crippen molar-refractivity contribution in [2.45, 2.75) is 10.8 Å². The molecular formula is C18H18N4OS2. The van der Waals surface area contributed by atoms with Gasteiger partial charge < -0.3 is 16.4 Å². The Morgan fingerprint density at radius 3 is 2.88 bits per heavy atom. The number of amides is 1. The van der Waals surface area contributed by atoms with Gasteiger partial charge in [-0.3, -0.25) is 4.79 Å². The first kappa shape index (κ1) is 17.3. The summed E-state index contributed by atoms with van der Waals surface area (Å²) in [5.74, 6) is 0.376. The highest BCUT2D eigenvalue weighted by Crippen LogP contribution is 2.26. The minimum absolute atomic E-state index is 0.0908. The topological polar surface area (TPSA) is 80.0 Å². The Labute approximate surface area is 154 Å². The number of carbonyl (C=O) groups excluding carboxylic acids is 1. The van der Waals surface area contributed by atoms with E-state index in [1.165, 1.54) is 11.3 Å². The number of carbonyl (C=O) groups is 1. The van der Waals surface area contributed by atoms with Gasteiger partial charge in [0.1, 0.15) is 5.82 Å². The van der Waals surface area contributed by atoms with Crippen molar-refractivity contribution in [2.75, 3.05) is 22.6 Å². The second-order valence-corrected chi connectivity index (χ2v) is 7.46. The molecule has 5 nitrogen and oxygen atoms in total. The third-order valence-electron chi connectivity index (χ3n) is 3.51. The minimum Gasteiger partial charge on any atom is -0.382 e. The van der Waals surface area contributed by atoms with Crippen LogP contribution in [0, 0.1) is 0 Å². The van der Waals surface area contributed by atoms with E-state index in [0.29, 0.717) is 17.2 Å². The van der Waals surface area contributed by atoms with Crippen LogP contribution in [-0.2, 0) is 6.54 Å². The fourth-order valence-corrected chi connectivity index (χ4v) is 3.71. The second kappa shape index (κ2) is 8.04. The van der Waals surface area contributed by atoms with E-state index in [4.69, 9.17) is 5.73 Å². The highest BCUT2D eigenvalue weighted by Gasteiger charge is 2.09. The van der Waals surface area contributed by atoms with Crippen LogP contribution in [0.2, 0.25) is 0 Å². The number of nitrogens with one attached hydrogen (secondary N) is 2. The van der Waals surface area contributed by atoms with E-state index in [9.17, 15) is 4.79 Å². The fourth-order valence-electron chi connectivity index (χ4n) is 2.27. The molecule has 0 radical (unpaired) electrons. The van der Waals surface area contributed by atoms with Crippen molar-refractivity contribution in [3.8, 4) is 0 Å². The predicted octanol–water partition coefficient (Wildman–Crippen LogP) is 4.31. The number of aromatic nitrogens is 1. The third kappa shape index (κ3) is 4.52. The van der Waals surface area contributed by atoms with Gasteiger partial charge in [0.15, 0.2) is 0 Å². The van der Waals surface area contributed by atoms with Crippen LogP contribution in [0.4, 0.5) is 17.2 Å². The van der Waals surface area contributed by atoms with E-state index in [1.807, 2.05) is 54.8 Å². The number of nitrogens with two attached hydrogens (primary N) is 1. The molecule has 0 aliphatic heterocycles. The minimum atomic E-state index is -0.0908. The Bertz CT molecular complexity index is 879. The molecule has 2 aromatic heterocycles. The molecule has 0 spiro atoms. The van der Waals surface area contributed by atoms with E-state index in [1.54, 1.807) is 18.0 Å². The molecule has 2 heterocycles. The van der Waals surface area contributed by atoms with Crippen LogP contribution in [0.1, 0.15) is 15.2 Å². The molecule has 25 heavy (non-hydrogen) atoms. The molecule has 0 aliphatic carbocycles. The number of nitrogens with zero attached hydrogens (tertiary/aromatic N) is 1. The molecule has 0 atom stereocenters. The Kier molecular flexibility index (Phi) is 5.57. The van der Waals surface area contributed by atoms with E-state index in [0.717, 1.165) is 21.1 Å². The molecular weight excluding hydrogens is 352 g/mol. The van der Waals surface area contributed by atoms with Crippen LogP contribution >= 0.6 is 23.1 Å². The molecule has 1 aromatic carbocycles. The van der Waals surface area contributed by atoms with Crippen LogP contribution in [0.25, 0.3) is 0 Å². The lowest BCUT2D eigenvalue weighted by atomic mass is 10.2. The van der Waals surface area contributed by atoms with Gasteiger partial charge in [0.2, 0.25) is 0 Å². The zero-order chi connectivity index (χ0) is 17.6. The van der Waals surface area contributed by atoms with Gasteiger partial charge in [0, 0.05) is 18.4 Å². The molecule has 0 saturated carbocycles. The number of nitrogen functional groups attached to an aromatic ring is 1. The van der Waals surface area contributed by atoms with Crippen LogP contribution in [0.5, 0.6) is 0 Å². The first-order valence-electron chi connectivity index (χ1n) is 7.64. The average molecular weight is 371 g/mol. The normalized spacial score (nSPS) is 10.4. The van der Waals surface area contributed by atoms with Crippen molar-refractivity contribution in [1.29, 1.82) is 0 Å². The molecule has 0 aliphatic rings. The first-order valence-corrected chi connectivity index (χ1v) is 9.68. The van der Waals surface area contributed by atoms with Crippen LogP contribution < -0.4 is 16.4 Å². The Balaban J connectivity index is 1.65. The van der Waals surface area contributed by atoms with Crippen molar-refractivity contribution in [2.24, 2.45) is 0 Å². The van der Waals surface area contributed by atoms with E-state index in [2.05, 4.69) is 15.6 Å². The highest BCUT2D eigenvalue weighted by atomic mass is 32.2. The molecule has 4 N–H and O–H groups in total. The molecule has 0 fully saturated rings. The molecule has 3 aromatic rings. The van der Waals surface area contributed by atoms with Crippen molar-refractivity contribution < 1.29 is 4.79 Å². The maximum atomic E-state index is 12.3. The van der Waals surface area contributed by atoms with Gasteiger partial charge in [-0.25, -0.2) is 4.98 Å². The zero-order valence-corrected chi connectivity index (χ0v) is 15.3. The number of benzene rings is 1. The van der Waals surface area contributed by atoms with Crippen LogP contribution in [0.3, 0.4) is 0 Å². The van der Waals surface area contributed by atoms with Gasteiger partial charge in [0.25, 0.3) is 5.91 Å². The fraction of sp³-hybridized carbons (Fsp3) is 0.111. The lowest BCUT2D eigenvalue weighted by molar-refractivity contribution is 0.103. The maximum absolute atomic E-state index is 12.3. The average Bonchev–Trinajstić information content (AvgIpc) is 3.11. The SMILES string of the molecule is CSc1ccc(C(=O)Nc2cccc(CNc3cccnc3N)c2)s1. The summed E-state index contributed by atoms with van der Waals surface area (Å²) >= 11 is 3.13. The van der Waals surface area contributed by atoms with Crippen molar-refractivity contribution in [3.05, 3.63) is 65.2 Å². The van der Waals surface area contributed by atoms with E-state index in [-0.39, 0.29) is 5.91 Å². The summed E-state index contributed by atoms with van der Waals surface area (Å²) in [5.41, 5.74) is 8.42. The largest absolute Gasteiger partial charge is 0.382 e. The summed E-state index contributed by atoms with van der Waals surface area (Å²) in [5, 5.41) is 6.19. The second-order valence-electron chi connectivity index (χ2n) is 5.27. The van der Waals surface area contributed by atoms with Gasteiger partial charge in [0.05, 0.1) is 14.8 Å². The molecule has 128 valence electrons. The lowest BCUT2D eigenvalue weighted by Gasteiger charge is -2.10. The summed E-state index contributed by atoms with van der Waals surface area (Å²) in [7, 11) is 0. The van der Waals surface area contributed by atoms with Gasteiger partial charge in [-0.1, -0.05) is 12.1 Å². The van der Waals surface area contributed by atoms with Gasteiger partial charge in [-0.15, -0.1) is 23.1 Å². The molecule has 0 unspecified atom stereocenters. The van der Waals surface area contributed by atoms with Gasteiger partial charge >= 0.3 is 0 Å². The summed E-state index contributed by atoms with van der Waals surface area (Å²) in [6, 6.07) is 15.3. The van der Waals surface area contributed by atoms with Gasteiger partial charge in [-0.2, -0.15) is 0 Å². The summed E-state index contributed by atoms with van der Waals surface area (Å²) in [6.07, 6.45) is 3.66. The predicted molar refractivity (Wildman–Crippen MR) is 106 cm³/mol. The number of pyridine rings is 1. The number of thiophene rings is 1. The number of anilines is 3. The third-order valence-corrected chi connectivity index (χ3v) is 5.68. The molecule has 1 amide bonds. The smallest absolute Gasteiger partial charge is 0.265 e. The molecule has 3 rings (SSSR count). The monoisotopic (exact) mass is 370 g/mol. The lowest BCUT2D eigenvalue weighted by Crippen LogP contribution is -2.10. The number of rotatable bonds is 6. The number of hydrogen-bond acceptors (Lipinski definition) is 6. The Hall–Kier alpha value is -2.51. The van der Waals surface area contributed by atoms with E-state index >= 15 is 0 Å². The zero-order valence-electron chi connectivity index (χ0n) is 13.7. The first-order chi connectivity index (χ1) is 12.2. The summed E-state index contributed by atoms with van der Waals surface area (Å²) < 4.78 is 1.12. The van der Waals surface area contributed by atoms with Crippen LogP contribution in [-0.4, -0.2) is 17.1 Å².